The Kier molecular flexibility index (Phi) is 6.62. The average Bonchev–Trinajstić information content (AvgIpc) is 2.52. The van der Waals surface area contributed by atoms with Crippen molar-refractivity contribution < 1.29 is 4.79 Å². The van der Waals surface area contributed by atoms with Crippen molar-refractivity contribution >= 4 is 40.9 Å². The molecule has 2 aromatic carbocycles. The van der Waals surface area contributed by atoms with Crippen LogP contribution in [0.4, 0.5) is 0 Å². The first kappa shape index (κ1) is 17.2. The Balaban J connectivity index is 1.81. The van der Waals surface area contributed by atoms with E-state index in [0.29, 0.717) is 16.6 Å². The number of carbonyl (C=O) groups is 1. The van der Waals surface area contributed by atoms with E-state index in [0.717, 1.165) is 11.3 Å². The first-order chi connectivity index (χ1) is 10.6. The van der Waals surface area contributed by atoms with Crippen LogP contribution in [0.1, 0.15) is 18.1 Å². The van der Waals surface area contributed by atoms with E-state index < -0.39 is 0 Å². The molecule has 116 valence electrons. The van der Waals surface area contributed by atoms with E-state index in [-0.39, 0.29) is 11.2 Å². The van der Waals surface area contributed by atoms with E-state index >= 15 is 0 Å². The van der Waals surface area contributed by atoms with Gasteiger partial charge in [0.25, 0.3) is 0 Å². The summed E-state index contributed by atoms with van der Waals surface area (Å²) in [6.07, 6.45) is 0. The Morgan fingerprint density at radius 1 is 1.18 bits per heavy atom. The summed E-state index contributed by atoms with van der Waals surface area (Å²) < 4.78 is 0. The number of benzene rings is 2. The van der Waals surface area contributed by atoms with Crippen LogP contribution in [-0.4, -0.2) is 11.2 Å². The summed E-state index contributed by atoms with van der Waals surface area (Å²) in [6.45, 7) is 2.32. The maximum Gasteiger partial charge on any atom is 0.233 e. The predicted molar refractivity (Wildman–Crippen MR) is 95.5 cm³/mol. The van der Waals surface area contributed by atoms with Gasteiger partial charge in [-0.2, -0.15) is 0 Å². The highest BCUT2D eigenvalue weighted by Gasteiger charge is 2.13. The van der Waals surface area contributed by atoms with E-state index in [1.807, 2.05) is 31.2 Å². The number of amides is 1. The zero-order valence-corrected chi connectivity index (χ0v) is 14.5. The molecule has 0 heterocycles. The van der Waals surface area contributed by atoms with Gasteiger partial charge in [0.1, 0.15) is 0 Å². The quantitative estimate of drug-likeness (QED) is 0.797. The van der Waals surface area contributed by atoms with Gasteiger partial charge in [-0.1, -0.05) is 59.6 Å². The minimum Gasteiger partial charge on any atom is -0.351 e. The normalized spacial score (nSPS) is 12.0. The van der Waals surface area contributed by atoms with Gasteiger partial charge < -0.3 is 5.32 Å². The third-order valence-electron chi connectivity index (χ3n) is 3.18. The van der Waals surface area contributed by atoms with Crippen LogP contribution in [0.2, 0.25) is 10.0 Å². The highest BCUT2D eigenvalue weighted by molar-refractivity contribution is 7.99. The lowest BCUT2D eigenvalue weighted by atomic mass is 10.2. The summed E-state index contributed by atoms with van der Waals surface area (Å²) in [5.74, 6) is 0.823. The maximum absolute atomic E-state index is 12.1. The molecule has 2 aromatic rings. The summed E-state index contributed by atoms with van der Waals surface area (Å²) in [6, 6.07) is 15.4. The van der Waals surface area contributed by atoms with Crippen LogP contribution >= 0.6 is 35.0 Å². The predicted octanol–water partition coefficient (Wildman–Crippen LogP) is 4.93. The Labute approximate surface area is 145 Å². The van der Waals surface area contributed by atoms with Gasteiger partial charge in [0.05, 0.1) is 5.25 Å². The highest BCUT2D eigenvalue weighted by atomic mass is 35.5. The fourth-order valence-electron chi connectivity index (χ4n) is 1.86. The zero-order valence-electron chi connectivity index (χ0n) is 12.2. The topological polar surface area (TPSA) is 29.1 Å². The van der Waals surface area contributed by atoms with Crippen molar-refractivity contribution in [3.8, 4) is 0 Å². The Hall–Kier alpha value is -1.16. The summed E-state index contributed by atoms with van der Waals surface area (Å²) >= 11 is 13.6. The summed E-state index contributed by atoms with van der Waals surface area (Å²) in [5.41, 5.74) is 2.08. The second-order valence-electron chi connectivity index (χ2n) is 4.89. The molecule has 2 rings (SSSR count). The molecule has 0 aromatic heterocycles. The molecule has 0 saturated heterocycles. The molecule has 0 aliphatic carbocycles. The Morgan fingerprint density at radius 3 is 2.59 bits per heavy atom. The minimum atomic E-state index is -0.119. The van der Waals surface area contributed by atoms with Crippen molar-refractivity contribution in [2.24, 2.45) is 0 Å². The van der Waals surface area contributed by atoms with Gasteiger partial charge in [-0.25, -0.2) is 0 Å². The minimum absolute atomic E-state index is 0.00643. The first-order valence-corrected chi connectivity index (χ1v) is 8.74. The van der Waals surface area contributed by atoms with Crippen LogP contribution in [0.3, 0.4) is 0 Å². The van der Waals surface area contributed by atoms with E-state index in [1.54, 1.807) is 23.9 Å². The molecule has 0 aliphatic rings. The molecule has 0 saturated carbocycles. The Morgan fingerprint density at radius 2 is 1.91 bits per heavy atom. The number of carbonyl (C=O) groups excluding carboxylic acids is 1. The second-order valence-corrected chi connectivity index (χ2v) is 7.07. The standard InChI is InChI=1S/C17H17Cl2NOS/c1-12(22-11-13-5-3-2-4-6-13)17(21)20-10-14-7-8-15(18)9-16(14)19/h2-9,12H,10-11H2,1H3,(H,20,21)/t12-/m0/s1. The summed E-state index contributed by atoms with van der Waals surface area (Å²) in [4.78, 5) is 12.1. The smallest absolute Gasteiger partial charge is 0.233 e. The molecule has 22 heavy (non-hydrogen) atoms. The molecule has 0 aliphatic heterocycles. The molecular formula is C17H17Cl2NOS. The van der Waals surface area contributed by atoms with Crippen LogP contribution in [0.15, 0.2) is 48.5 Å². The number of rotatable bonds is 6. The summed E-state index contributed by atoms with van der Waals surface area (Å²) in [7, 11) is 0. The molecule has 0 fully saturated rings. The summed E-state index contributed by atoms with van der Waals surface area (Å²) in [5, 5.41) is 3.95. The molecule has 0 radical (unpaired) electrons. The van der Waals surface area contributed by atoms with Crippen molar-refractivity contribution in [1.82, 2.24) is 5.32 Å². The highest BCUT2D eigenvalue weighted by Crippen LogP contribution is 2.21. The molecular weight excluding hydrogens is 337 g/mol. The lowest BCUT2D eigenvalue weighted by molar-refractivity contribution is -0.120. The van der Waals surface area contributed by atoms with Crippen molar-refractivity contribution in [2.45, 2.75) is 24.5 Å². The third-order valence-corrected chi connectivity index (χ3v) is 4.98. The van der Waals surface area contributed by atoms with Crippen molar-refractivity contribution in [3.05, 3.63) is 69.7 Å². The molecule has 2 nitrogen and oxygen atoms in total. The van der Waals surface area contributed by atoms with Gasteiger partial charge >= 0.3 is 0 Å². The van der Waals surface area contributed by atoms with Gasteiger partial charge in [0.2, 0.25) is 5.91 Å². The number of thioether (sulfide) groups is 1. The van der Waals surface area contributed by atoms with E-state index in [2.05, 4.69) is 17.4 Å². The first-order valence-electron chi connectivity index (χ1n) is 6.93. The van der Waals surface area contributed by atoms with Crippen molar-refractivity contribution in [1.29, 1.82) is 0 Å². The number of hydrogen-bond donors (Lipinski definition) is 1. The van der Waals surface area contributed by atoms with Gasteiger partial charge in [-0.05, 0) is 30.2 Å². The van der Waals surface area contributed by atoms with Crippen molar-refractivity contribution in [3.63, 3.8) is 0 Å². The van der Waals surface area contributed by atoms with Gasteiger partial charge in [0.15, 0.2) is 0 Å². The molecule has 0 unspecified atom stereocenters. The molecule has 1 N–H and O–H groups in total. The SMILES string of the molecule is C[C@H](SCc1ccccc1)C(=O)NCc1ccc(Cl)cc1Cl. The van der Waals surface area contributed by atoms with Gasteiger partial charge in [0, 0.05) is 22.3 Å². The van der Waals surface area contributed by atoms with Crippen LogP contribution in [0, 0.1) is 0 Å². The largest absolute Gasteiger partial charge is 0.351 e. The average molecular weight is 354 g/mol. The molecule has 5 heteroatoms. The second kappa shape index (κ2) is 8.47. The third kappa shape index (κ3) is 5.24. The van der Waals surface area contributed by atoms with Crippen LogP contribution in [-0.2, 0) is 17.1 Å². The molecule has 0 bridgehead atoms. The molecule has 1 atom stereocenters. The fourth-order valence-corrected chi connectivity index (χ4v) is 3.21. The number of halogens is 2. The van der Waals surface area contributed by atoms with E-state index in [4.69, 9.17) is 23.2 Å². The van der Waals surface area contributed by atoms with Crippen LogP contribution in [0.5, 0.6) is 0 Å². The number of nitrogens with one attached hydrogen (secondary N) is 1. The van der Waals surface area contributed by atoms with Crippen LogP contribution in [0.25, 0.3) is 0 Å². The lowest BCUT2D eigenvalue weighted by Gasteiger charge is -2.13. The van der Waals surface area contributed by atoms with Gasteiger partial charge in [-0.15, -0.1) is 11.8 Å². The van der Waals surface area contributed by atoms with Crippen LogP contribution < -0.4 is 5.32 Å². The molecule has 0 spiro atoms. The van der Waals surface area contributed by atoms with E-state index in [1.165, 1.54) is 5.56 Å². The van der Waals surface area contributed by atoms with Gasteiger partial charge in [-0.3, -0.25) is 4.79 Å². The lowest BCUT2D eigenvalue weighted by Crippen LogP contribution is -2.30. The fraction of sp³-hybridized carbons (Fsp3) is 0.235. The Bertz CT molecular complexity index is 634. The maximum atomic E-state index is 12.1. The van der Waals surface area contributed by atoms with E-state index in [9.17, 15) is 4.79 Å². The zero-order chi connectivity index (χ0) is 15.9. The monoisotopic (exact) mass is 353 g/mol. The number of hydrogen-bond acceptors (Lipinski definition) is 2. The molecule has 1 amide bonds. The van der Waals surface area contributed by atoms with Crippen molar-refractivity contribution in [2.75, 3.05) is 0 Å².